The van der Waals surface area contributed by atoms with Crippen LogP contribution in [0.25, 0.3) is 0 Å². The number of anilines is 1. The molecule has 2 rings (SSSR count). The zero-order chi connectivity index (χ0) is 14.7. The molecule has 1 aliphatic rings. The summed E-state index contributed by atoms with van der Waals surface area (Å²) in [5.74, 6) is 0.0935. The van der Waals surface area contributed by atoms with Gasteiger partial charge in [0.25, 0.3) is 5.69 Å². The van der Waals surface area contributed by atoms with Gasteiger partial charge in [-0.15, -0.1) is 0 Å². The minimum absolute atomic E-state index is 0.0125. The number of pyridine rings is 1. The van der Waals surface area contributed by atoms with Crippen molar-refractivity contribution in [3.05, 3.63) is 27.9 Å². The number of carbonyl (C=O) groups is 1. The van der Waals surface area contributed by atoms with Crippen LogP contribution < -0.4 is 11.1 Å². The Balaban J connectivity index is 1.90. The van der Waals surface area contributed by atoms with Crippen molar-refractivity contribution in [3.8, 4) is 0 Å². The zero-order valence-electron chi connectivity index (χ0n) is 11.0. The quantitative estimate of drug-likeness (QED) is 0.606. The lowest BCUT2D eigenvalue weighted by Gasteiger charge is -2.13. The van der Waals surface area contributed by atoms with Crippen LogP contribution in [0.3, 0.4) is 0 Å². The number of rotatable bonds is 5. The van der Waals surface area contributed by atoms with Gasteiger partial charge in [0.2, 0.25) is 5.91 Å². The van der Waals surface area contributed by atoms with Crippen molar-refractivity contribution in [3.63, 3.8) is 0 Å². The van der Waals surface area contributed by atoms with Gasteiger partial charge in [-0.2, -0.15) is 0 Å². The van der Waals surface area contributed by atoms with E-state index in [1.807, 2.05) is 0 Å². The minimum atomic E-state index is -0.520. The van der Waals surface area contributed by atoms with Crippen LogP contribution >= 0.6 is 0 Å². The lowest BCUT2D eigenvalue weighted by molar-refractivity contribution is -0.385. The zero-order valence-corrected chi connectivity index (χ0v) is 11.0. The maximum atomic E-state index is 11.0. The second-order valence-electron chi connectivity index (χ2n) is 4.72. The van der Waals surface area contributed by atoms with Crippen LogP contribution in [0.2, 0.25) is 0 Å². The van der Waals surface area contributed by atoms with Gasteiger partial charge in [-0.25, -0.2) is 4.98 Å². The number of hydrogen-bond donors (Lipinski definition) is 2. The number of aromatic nitrogens is 1. The van der Waals surface area contributed by atoms with Gasteiger partial charge in [0.15, 0.2) is 0 Å². The second-order valence-corrected chi connectivity index (χ2v) is 4.72. The summed E-state index contributed by atoms with van der Waals surface area (Å²) in [5, 5.41) is 13.7. The first kappa shape index (κ1) is 14.2. The van der Waals surface area contributed by atoms with E-state index < -0.39 is 16.9 Å². The fourth-order valence-corrected chi connectivity index (χ4v) is 2.12. The van der Waals surface area contributed by atoms with E-state index >= 15 is 0 Å². The highest BCUT2D eigenvalue weighted by molar-refractivity contribution is 5.79. The number of hydrogen-bond acceptors (Lipinski definition) is 6. The third kappa shape index (κ3) is 3.21. The van der Waals surface area contributed by atoms with E-state index in [4.69, 9.17) is 10.5 Å². The molecule has 0 radical (unpaired) electrons. The van der Waals surface area contributed by atoms with Gasteiger partial charge in [0, 0.05) is 12.1 Å². The summed E-state index contributed by atoms with van der Waals surface area (Å²) in [4.78, 5) is 25.2. The molecule has 1 fully saturated rings. The highest BCUT2D eigenvalue weighted by Crippen LogP contribution is 2.21. The Morgan fingerprint density at radius 3 is 2.95 bits per heavy atom. The molecule has 1 aliphatic heterocycles. The number of aryl methyl sites for hydroxylation is 1. The van der Waals surface area contributed by atoms with Gasteiger partial charge < -0.3 is 15.8 Å². The molecule has 2 heterocycles. The largest absolute Gasteiger partial charge is 0.367 e. The fourth-order valence-electron chi connectivity index (χ4n) is 2.12. The summed E-state index contributed by atoms with van der Waals surface area (Å²) >= 11 is 0. The predicted octanol–water partition coefficient (Wildman–Crippen LogP) is 0.743. The normalized spacial score (nSPS) is 21.6. The lowest BCUT2D eigenvalue weighted by Crippen LogP contribution is -2.30. The molecule has 1 amide bonds. The second kappa shape index (κ2) is 5.83. The van der Waals surface area contributed by atoms with Crippen LogP contribution in [0.5, 0.6) is 0 Å². The van der Waals surface area contributed by atoms with Crippen molar-refractivity contribution < 1.29 is 14.5 Å². The first-order chi connectivity index (χ1) is 9.47. The monoisotopic (exact) mass is 280 g/mol. The molecule has 0 aromatic carbocycles. The Labute approximate surface area is 115 Å². The van der Waals surface area contributed by atoms with Crippen LogP contribution in [0.1, 0.15) is 18.4 Å². The smallest absolute Gasteiger partial charge is 0.290 e. The molecule has 1 saturated heterocycles. The molecule has 1 aromatic rings. The molecule has 0 spiro atoms. The molecular weight excluding hydrogens is 264 g/mol. The molecule has 8 heteroatoms. The molecule has 3 N–H and O–H groups in total. The first-order valence-electron chi connectivity index (χ1n) is 6.27. The van der Waals surface area contributed by atoms with Crippen molar-refractivity contribution in [2.75, 3.05) is 11.9 Å². The third-order valence-corrected chi connectivity index (χ3v) is 3.22. The van der Waals surface area contributed by atoms with Crippen molar-refractivity contribution in [1.82, 2.24) is 4.98 Å². The van der Waals surface area contributed by atoms with Crippen LogP contribution in [0.4, 0.5) is 11.5 Å². The van der Waals surface area contributed by atoms with E-state index in [0.29, 0.717) is 24.3 Å². The first-order valence-corrected chi connectivity index (χ1v) is 6.27. The van der Waals surface area contributed by atoms with Gasteiger partial charge >= 0.3 is 0 Å². The summed E-state index contributed by atoms with van der Waals surface area (Å²) < 4.78 is 5.46. The van der Waals surface area contributed by atoms with Crippen molar-refractivity contribution in [2.24, 2.45) is 5.73 Å². The van der Waals surface area contributed by atoms with Crippen LogP contribution in [-0.2, 0) is 9.53 Å². The lowest BCUT2D eigenvalue weighted by atomic mass is 10.2. The number of nitrogens with one attached hydrogen (secondary N) is 1. The molecule has 2 atom stereocenters. The summed E-state index contributed by atoms with van der Waals surface area (Å²) in [6.07, 6.45) is 1.96. The number of ether oxygens (including phenoxy) is 1. The number of carbonyl (C=O) groups excluding carboxylic acids is 1. The summed E-state index contributed by atoms with van der Waals surface area (Å²) in [6, 6.07) is 1.61. The molecule has 0 bridgehead atoms. The number of nitrogens with zero attached hydrogens (tertiary/aromatic N) is 2. The SMILES string of the molecule is Cc1cc(NC[C@@H]2CC[C@@H](C(N)=O)O2)ncc1[N+](=O)[O-]. The Morgan fingerprint density at radius 2 is 2.40 bits per heavy atom. The van der Waals surface area contributed by atoms with Crippen molar-refractivity contribution >= 4 is 17.4 Å². The molecular formula is C12H16N4O4. The van der Waals surface area contributed by atoms with E-state index in [2.05, 4.69) is 10.3 Å². The van der Waals surface area contributed by atoms with Gasteiger partial charge in [0.1, 0.15) is 18.1 Å². The van der Waals surface area contributed by atoms with E-state index in [0.717, 1.165) is 6.42 Å². The molecule has 0 unspecified atom stereocenters. The summed E-state index contributed by atoms with van der Waals surface area (Å²) in [5.41, 5.74) is 5.70. The number of nitro groups is 1. The highest BCUT2D eigenvalue weighted by Gasteiger charge is 2.28. The van der Waals surface area contributed by atoms with Gasteiger partial charge in [-0.3, -0.25) is 14.9 Å². The van der Waals surface area contributed by atoms with E-state index in [1.54, 1.807) is 13.0 Å². The Morgan fingerprint density at radius 1 is 1.65 bits per heavy atom. The average Bonchev–Trinajstić information content (AvgIpc) is 2.85. The molecule has 20 heavy (non-hydrogen) atoms. The average molecular weight is 280 g/mol. The molecule has 0 saturated carbocycles. The molecule has 8 nitrogen and oxygen atoms in total. The van der Waals surface area contributed by atoms with Crippen LogP contribution in [-0.4, -0.2) is 34.6 Å². The van der Waals surface area contributed by atoms with Crippen molar-refractivity contribution in [1.29, 1.82) is 0 Å². The maximum absolute atomic E-state index is 11.0. The van der Waals surface area contributed by atoms with Crippen LogP contribution in [0, 0.1) is 17.0 Å². The number of primary amides is 1. The minimum Gasteiger partial charge on any atom is -0.367 e. The van der Waals surface area contributed by atoms with Gasteiger partial charge in [-0.05, 0) is 25.8 Å². The Hall–Kier alpha value is -2.22. The van der Waals surface area contributed by atoms with Crippen molar-refractivity contribution in [2.45, 2.75) is 32.0 Å². The van der Waals surface area contributed by atoms with Gasteiger partial charge in [-0.1, -0.05) is 0 Å². The Kier molecular flexibility index (Phi) is 4.14. The third-order valence-electron chi connectivity index (χ3n) is 3.22. The Bertz CT molecular complexity index is 534. The topological polar surface area (TPSA) is 120 Å². The molecule has 0 aliphatic carbocycles. The van der Waals surface area contributed by atoms with Gasteiger partial charge in [0.05, 0.1) is 11.0 Å². The number of amides is 1. The van der Waals surface area contributed by atoms with E-state index in [-0.39, 0.29) is 11.8 Å². The maximum Gasteiger partial charge on any atom is 0.290 e. The number of nitrogens with two attached hydrogens (primary N) is 1. The molecule has 1 aromatic heterocycles. The summed E-state index contributed by atoms with van der Waals surface area (Å²) in [6.45, 7) is 2.13. The summed E-state index contributed by atoms with van der Waals surface area (Å²) in [7, 11) is 0. The van der Waals surface area contributed by atoms with Crippen LogP contribution in [0.15, 0.2) is 12.3 Å². The predicted molar refractivity (Wildman–Crippen MR) is 71.2 cm³/mol. The molecule has 108 valence electrons. The fraction of sp³-hybridized carbons (Fsp3) is 0.500. The van der Waals surface area contributed by atoms with E-state index in [1.165, 1.54) is 6.20 Å². The standard InChI is InChI=1S/C12H16N4O4/c1-7-4-11(15-6-9(7)16(18)19)14-5-8-2-3-10(20-8)12(13)17/h4,6,8,10H,2-3,5H2,1H3,(H2,13,17)(H,14,15)/t8-,10-/m0/s1. The van der Waals surface area contributed by atoms with E-state index in [9.17, 15) is 14.9 Å². The highest BCUT2D eigenvalue weighted by atomic mass is 16.6.